The van der Waals surface area contributed by atoms with Gasteiger partial charge in [0, 0.05) is 18.9 Å². The molecule has 0 fully saturated rings. The molecule has 2 aromatic heterocycles. The van der Waals surface area contributed by atoms with Crippen molar-refractivity contribution in [2.24, 2.45) is 5.92 Å². The molecule has 0 aromatic carbocycles. The van der Waals surface area contributed by atoms with E-state index in [1.165, 1.54) is 7.11 Å². The van der Waals surface area contributed by atoms with Crippen LogP contribution in [0.5, 0.6) is 0 Å². The molecule has 2 rings (SSSR count). The number of hydrogen-bond donors (Lipinski definition) is 0. The first-order valence-electron chi connectivity index (χ1n) is 11.7. The molecular weight excluding hydrogens is 464 g/mol. The van der Waals surface area contributed by atoms with Gasteiger partial charge in [-0.05, 0) is 66.0 Å². The maximum absolute atomic E-state index is 12.8. The number of rotatable bonds is 7. The van der Waals surface area contributed by atoms with Gasteiger partial charge in [0.1, 0.15) is 23.3 Å². The standard InChI is InChI=1S/C26H36N4O6/c1-18(15-30(23(32)35-25(2,3)4)24(33)36-26(5,6)7)12-13-19(22(31)34-8)20-16-29(17-28-20)21-11-9-10-14-27-21/h9-11,13-14,16-18H,12,15H2,1-8H3. The highest BCUT2D eigenvalue weighted by Crippen LogP contribution is 2.21. The van der Waals surface area contributed by atoms with Gasteiger partial charge in [-0.1, -0.05) is 19.1 Å². The van der Waals surface area contributed by atoms with Crippen molar-refractivity contribution in [1.29, 1.82) is 0 Å². The molecule has 0 aliphatic heterocycles. The van der Waals surface area contributed by atoms with Crippen molar-refractivity contribution in [1.82, 2.24) is 19.4 Å². The Bertz CT molecular complexity index is 1050. The highest BCUT2D eigenvalue weighted by atomic mass is 16.6. The quantitative estimate of drug-likeness (QED) is 0.296. The number of methoxy groups -OCH3 is 1. The number of nitrogens with zero attached hydrogens (tertiary/aromatic N) is 4. The summed E-state index contributed by atoms with van der Waals surface area (Å²) in [5.74, 6) is -0.133. The van der Waals surface area contributed by atoms with Crippen LogP contribution in [0.4, 0.5) is 9.59 Å². The summed E-state index contributed by atoms with van der Waals surface area (Å²) in [6, 6.07) is 5.47. The molecule has 0 saturated carbocycles. The van der Waals surface area contributed by atoms with Crippen LogP contribution in [0, 0.1) is 5.92 Å². The smallest absolute Gasteiger partial charge is 0.419 e. The van der Waals surface area contributed by atoms with E-state index in [-0.39, 0.29) is 18.0 Å². The predicted octanol–water partition coefficient (Wildman–Crippen LogP) is 5.02. The number of carbonyl (C=O) groups is 3. The van der Waals surface area contributed by atoms with Crippen LogP contribution in [-0.4, -0.2) is 62.4 Å². The lowest BCUT2D eigenvalue weighted by Crippen LogP contribution is -2.45. The molecule has 10 nitrogen and oxygen atoms in total. The van der Waals surface area contributed by atoms with E-state index >= 15 is 0 Å². The van der Waals surface area contributed by atoms with E-state index in [4.69, 9.17) is 14.2 Å². The molecule has 2 aromatic rings. The number of hydrogen-bond acceptors (Lipinski definition) is 8. The lowest BCUT2D eigenvalue weighted by molar-refractivity contribution is -0.133. The van der Waals surface area contributed by atoms with E-state index in [9.17, 15) is 14.4 Å². The van der Waals surface area contributed by atoms with E-state index in [0.29, 0.717) is 17.9 Å². The first-order valence-corrected chi connectivity index (χ1v) is 11.7. The monoisotopic (exact) mass is 500 g/mol. The van der Waals surface area contributed by atoms with Gasteiger partial charge in [0.15, 0.2) is 0 Å². The summed E-state index contributed by atoms with van der Waals surface area (Å²) in [7, 11) is 1.29. The van der Waals surface area contributed by atoms with Gasteiger partial charge in [-0.2, -0.15) is 0 Å². The molecule has 10 heteroatoms. The minimum atomic E-state index is -0.796. The zero-order chi connectivity index (χ0) is 27.1. The molecule has 2 heterocycles. The van der Waals surface area contributed by atoms with Crippen LogP contribution in [0.15, 0.2) is 43.0 Å². The molecule has 1 unspecified atom stereocenters. The number of esters is 1. The van der Waals surface area contributed by atoms with E-state index in [1.807, 2.05) is 19.1 Å². The molecule has 0 aliphatic carbocycles. The number of ether oxygens (including phenoxy) is 3. The summed E-state index contributed by atoms with van der Waals surface area (Å²) in [6.07, 6.45) is 5.35. The van der Waals surface area contributed by atoms with Gasteiger partial charge in [0.2, 0.25) is 0 Å². The minimum absolute atomic E-state index is 0.0250. The summed E-state index contributed by atoms with van der Waals surface area (Å²) < 4.78 is 17.5. The van der Waals surface area contributed by atoms with Crippen molar-refractivity contribution < 1.29 is 28.6 Å². The Hall–Kier alpha value is -3.69. The summed E-state index contributed by atoms with van der Waals surface area (Å²) in [6.45, 7) is 12.2. The number of imide groups is 1. The van der Waals surface area contributed by atoms with Gasteiger partial charge < -0.3 is 14.2 Å². The molecule has 0 spiro atoms. The molecule has 0 N–H and O–H groups in total. The average molecular weight is 501 g/mol. The van der Waals surface area contributed by atoms with Gasteiger partial charge in [0.05, 0.1) is 18.4 Å². The average Bonchev–Trinajstić information content (AvgIpc) is 3.25. The molecule has 2 amide bonds. The van der Waals surface area contributed by atoms with E-state index in [2.05, 4.69) is 9.97 Å². The van der Waals surface area contributed by atoms with Crippen LogP contribution in [0.3, 0.4) is 0 Å². The van der Waals surface area contributed by atoms with Crippen molar-refractivity contribution in [3.8, 4) is 5.82 Å². The summed E-state index contributed by atoms with van der Waals surface area (Å²) in [5, 5.41) is 0. The third kappa shape index (κ3) is 8.83. The summed E-state index contributed by atoms with van der Waals surface area (Å²) in [5.41, 5.74) is -0.897. The second kappa shape index (κ2) is 11.8. The van der Waals surface area contributed by atoms with Gasteiger partial charge in [-0.25, -0.2) is 29.3 Å². The SMILES string of the molecule is COC(=O)C(=CCC(C)CN(C(=O)OC(C)(C)C)C(=O)OC(C)(C)C)c1cn(-c2ccccn2)cn1. The van der Waals surface area contributed by atoms with Crippen LogP contribution in [0.1, 0.15) is 60.6 Å². The van der Waals surface area contributed by atoms with Gasteiger partial charge in [-0.3, -0.25) is 4.57 Å². The molecule has 196 valence electrons. The van der Waals surface area contributed by atoms with Crippen molar-refractivity contribution in [3.05, 3.63) is 48.7 Å². The Morgan fingerprint density at radius 3 is 2.14 bits per heavy atom. The summed E-state index contributed by atoms with van der Waals surface area (Å²) >= 11 is 0. The Morgan fingerprint density at radius 1 is 1.03 bits per heavy atom. The third-order valence-corrected chi connectivity index (χ3v) is 4.62. The molecule has 0 saturated heterocycles. The Morgan fingerprint density at radius 2 is 1.64 bits per heavy atom. The number of allylic oxidation sites excluding steroid dienone is 1. The number of amides is 2. The number of pyridine rings is 1. The first kappa shape index (κ1) is 28.5. The summed E-state index contributed by atoms with van der Waals surface area (Å²) in [4.78, 5) is 47.6. The van der Waals surface area contributed by atoms with Gasteiger partial charge >= 0.3 is 18.2 Å². The largest absolute Gasteiger partial charge is 0.465 e. The minimum Gasteiger partial charge on any atom is -0.465 e. The molecule has 1 atom stereocenters. The van der Waals surface area contributed by atoms with Crippen LogP contribution >= 0.6 is 0 Å². The highest BCUT2D eigenvalue weighted by molar-refractivity contribution is 6.15. The maximum atomic E-state index is 12.8. The molecule has 0 radical (unpaired) electrons. The van der Waals surface area contributed by atoms with Crippen LogP contribution in [0.25, 0.3) is 11.4 Å². The van der Waals surface area contributed by atoms with Crippen LogP contribution in [0.2, 0.25) is 0 Å². The number of aromatic nitrogens is 3. The fraction of sp³-hybridized carbons (Fsp3) is 0.500. The number of imidazole rings is 1. The zero-order valence-corrected chi connectivity index (χ0v) is 22.3. The first-order chi connectivity index (χ1) is 16.7. The Kier molecular flexibility index (Phi) is 9.38. The zero-order valence-electron chi connectivity index (χ0n) is 22.3. The lowest BCUT2D eigenvalue weighted by atomic mass is 10.0. The number of carbonyl (C=O) groups excluding carboxylic acids is 3. The van der Waals surface area contributed by atoms with E-state index < -0.39 is 29.4 Å². The second-order valence-corrected chi connectivity index (χ2v) is 10.4. The lowest BCUT2D eigenvalue weighted by Gasteiger charge is -2.29. The third-order valence-electron chi connectivity index (χ3n) is 4.62. The molecule has 0 aliphatic rings. The van der Waals surface area contributed by atoms with Crippen molar-refractivity contribution >= 4 is 23.7 Å². The van der Waals surface area contributed by atoms with E-state index in [0.717, 1.165) is 4.90 Å². The van der Waals surface area contributed by atoms with Gasteiger partial charge in [0.25, 0.3) is 0 Å². The Balaban J connectivity index is 2.23. The highest BCUT2D eigenvalue weighted by Gasteiger charge is 2.32. The topological polar surface area (TPSA) is 113 Å². The fourth-order valence-corrected chi connectivity index (χ4v) is 3.06. The fourth-order valence-electron chi connectivity index (χ4n) is 3.06. The molecule has 36 heavy (non-hydrogen) atoms. The van der Waals surface area contributed by atoms with Gasteiger partial charge in [-0.15, -0.1) is 0 Å². The van der Waals surface area contributed by atoms with Crippen molar-refractivity contribution in [3.63, 3.8) is 0 Å². The van der Waals surface area contributed by atoms with Crippen molar-refractivity contribution in [2.45, 2.75) is 66.1 Å². The maximum Gasteiger partial charge on any atom is 0.419 e. The van der Waals surface area contributed by atoms with E-state index in [1.54, 1.807) is 77.0 Å². The molecule has 0 bridgehead atoms. The predicted molar refractivity (Wildman–Crippen MR) is 134 cm³/mol. The second-order valence-electron chi connectivity index (χ2n) is 10.4. The van der Waals surface area contributed by atoms with Crippen LogP contribution in [-0.2, 0) is 19.0 Å². The Labute approximate surface area is 212 Å². The molecular formula is C26H36N4O6. The van der Waals surface area contributed by atoms with Crippen molar-refractivity contribution in [2.75, 3.05) is 13.7 Å². The van der Waals surface area contributed by atoms with Crippen LogP contribution < -0.4 is 0 Å². The normalized spacial score (nSPS) is 13.1.